The van der Waals surface area contributed by atoms with Crippen molar-refractivity contribution in [3.05, 3.63) is 42.0 Å². The molecule has 5 atom stereocenters. The number of ether oxygens (including phenoxy) is 2. The van der Waals surface area contributed by atoms with Crippen LogP contribution in [-0.2, 0) is 27.2 Å². The number of aromatic nitrogens is 2. The van der Waals surface area contributed by atoms with Gasteiger partial charge in [-0.05, 0) is 82.4 Å². The van der Waals surface area contributed by atoms with E-state index in [-0.39, 0.29) is 36.5 Å². The molecule has 2 aliphatic heterocycles. The molecule has 2 saturated heterocycles. The van der Waals surface area contributed by atoms with Gasteiger partial charge in [-0.3, -0.25) is 14.4 Å². The number of nitriles is 1. The van der Waals surface area contributed by atoms with E-state index in [0.29, 0.717) is 11.5 Å². The lowest BCUT2D eigenvalue weighted by Crippen LogP contribution is -2.55. The first-order valence-corrected chi connectivity index (χ1v) is 14.2. The highest BCUT2D eigenvalue weighted by Gasteiger charge is 2.52. The molecule has 1 aliphatic carbocycles. The zero-order chi connectivity index (χ0) is 28.4. The minimum Gasteiger partial charge on any atom is -0.444 e. The van der Waals surface area contributed by atoms with Gasteiger partial charge in [0.2, 0.25) is 5.91 Å². The number of carbonyl (C=O) groups excluding carboxylic acids is 2. The maximum atomic E-state index is 15.0. The number of likely N-dealkylation sites (tertiary alicyclic amines) is 1. The quantitative estimate of drug-likeness (QED) is 0.519. The van der Waals surface area contributed by atoms with E-state index in [1.807, 2.05) is 16.9 Å². The van der Waals surface area contributed by atoms with Crippen molar-refractivity contribution in [2.45, 2.75) is 89.6 Å². The predicted molar refractivity (Wildman–Crippen MR) is 145 cm³/mol. The fourth-order valence-corrected chi connectivity index (χ4v) is 6.16. The second kappa shape index (κ2) is 11.6. The molecule has 3 aliphatic rings. The van der Waals surface area contributed by atoms with Crippen molar-refractivity contribution in [2.24, 2.45) is 11.8 Å². The van der Waals surface area contributed by atoms with Gasteiger partial charge in [-0.15, -0.1) is 0 Å². The number of benzene rings is 1. The van der Waals surface area contributed by atoms with Gasteiger partial charge in [0.25, 0.3) is 0 Å². The van der Waals surface area contributed by atoms with Crippen LogP contribution in [0.1, 0.15) is 58.4 Å². The molecule has 1 aromatic carbocycles. The maximum absolute atomic E-state index is 15.0. The number of hydrogen-bond acceptors (Lipinski definition) is 6. The molecule has 2 amide bonds. The Hall–Kier alpha value is -3.45. The van der Waals surface area contributed by atoms with E-state index in [9.17, 15) is 14.9 Å². The first kappa shape index (κ1) is 28.1. The minimum absolute atomic E-state index is 0.0208. The molecule has 0 radical (unpaired) electrons. The molecule has 0 spiro atoms. The normalized spacial score (nSPS) is 24.6. The number of fused-ring (bicyclic) bond motifs is 2. The van der Waals surface area contributed by atoms with Crippen molar-refractivity contribution in [1.82, 2.24) is 20.0 Å². The molecule has 3 fully saturated rings. The molecule has 10 heteroatoms. The summed E-state index contributed by atoms with van der Waals surface area (Å²) in [5.41, 5.74) is 1.38. The molecule has 1 aromatic heterocycles. The van der Waals surface area contributed by atoms with Gasteiger partial charge in [0.1, 0.15) is 23.5 Å². The van der Waals surface area contributed by atoms with Crippen LogP contribution in [0.5, 0.6) is 0 Å². The number of hydrogen-bond donors (Lipinski definition) is 1. The van der Waals surface area contributed by atoms with Crippen LogP contribution in [0.4, 0.5) is 9.18 Å². The molecule has 40 heavy (non-hydrogen) atoms. The fraction of sp³-hybridized carbons (Fsp3) is 0.600. The first-order valence-electron chi connectivity index (χ1n) is 14.2. The van der Waals surface area contributed by atoms with Gasteiger partial charge in [-0.25, -0.2) is 9.18 Å². The predicted octanol–water partition coefficient (Wildman–Crippen LogP) is 4.45. The summed E-state index contributed by atoms with van der Waals surface area (Å²) in [5.74, 6) is -0.203. The second-order valence-electron chi connectivity index (χ2n) is 12.3. The third-order valence-electron chi connectivity index (χ3n) is 8.12. The third kappa shape index (κ3) is 6.30. The van der Waals surface area contributed by atoms with Crippen molar-refractivity contribution in [1.29, 1.82) is 5.26 Å². The van der Waals surface area contributed by atoms with E-state index >= 15 is 4.39 Å². The Morgan fingerprint density at radius 2 is 2.10 bits per heavy atom. The molecular formula is C30H38FN5O4. The lowest BCUT2D eigenvalue weighted by atomic mass is 9.97. The number of aryl methyl sites for hydroxylation is 1. The highest BCUT2D eigenvalue weighted by atomic mass is 19.1. The minimum atomic E-state index is -0.802. The van der Waals surface area contributed by atoms with Gasteiger partial charge in [0.05, 0.1) is 18.9 Å². The van der Waals surface area contributed by atoms with Gasteiger partial charge < -0.3 is 14.8 Å². The molecule has 1 saturated carbocycles. The number of nitrogens with zero attached hydrogens (tertiary/aromatic N) is 4. The topological polar surface area (TPSA) is 109 Å². The van der Waals surface area contributed by atoms with Crippen molar-refractivity contribution < 1.29 is 23.5 Å². The number of amides is 2. The number of carbonyl (C=O) groups is 2. The van der Waals surface area contributed by atoms with E-state index in [1.54, 1.807) is 37.9 Å². The summed E-state index contributed by atoms with van der Waals surface area (Å²) in [5, 5.41) is 17.0. The lowest BCUT2D eigenvalue weighted by molar-refractivity contribution is -0.128. The summed E-state index contributed by atoms with van der Waals surface area (Å²) in [6.45, 7) is 7.70. The van der Waals surface area contributed by atoms with Gasteiger partial charge >= 0.3 is 6.09 Å². The van der Waals surface area contributed by atoms with Crippen molar-refractivity contribution in [2.75, 3.05) is 13.2 Å². The molecule has 3 heterocycles. The highest BCUT2D eigenvalue weighted by molar-refractivity contribution is 5.87. The molecule has 5 unspecified atom stereocenters. The molecule has 2 bridgehead atoms. The fourth-order valence-electron chi connectivity index (χ4n) is 6.16. The second-order valence-corrected chi connectivity index (χ2v) is 12.3. The summed E-state index contributed by atoms with van der Waals surface area (Å²) in [7, 11) is 0. The highest BCUT2D eigenvalue weighted by Crippen LogP contribution is 2.43. The Morgan fingerprint density at radius 1 is 1.27 bits per heavy atom. The van der Waals surface area contributed by atoms with Crippen LogP contribution < -0.4 is 5.32 Å². The van der Waals surface area contributed by atoms with Gasteiger partial charge in [0.15, 0.2) is 0 Å². The van der Waals surface area contributed by atoms with E-state index in [4.69, 9.17) is 9.47 Å². The summed E-state index contributed by atoms with van der Waals surface area (Å²) in [4.78, 5) is 27.7. The molecule has 214 valence electrons. The zero-order valence-corrected chi connectivity index (χ0v) is 23.4. The number of rotatable bonds is 8. The first-order chi connectivity index (χ1) is 19.1. The molecule has 5 rings (SSSR count). The average Bonchev–Trinajstić information content (AvgIpc) is 3.71. The van der Waals surface area contributed by atoms with Crippen molar-refractivity contribution in [3.63, 3.8) is 0 Å². The van der Waals surface area contributed by atoms with Gasteiger partial charge in [-0.1, -0.05) is 12.1 Å². The monoisotopic (exact) mass is 551 g/mol. The van der Waals surface area contributed by atoms with E-state index in [1.165, 1.54) is 6.07 Å². The smallest absolute Gasteiger partial charge is 0.411 e. The summed E-state index contributed by atoms with van der Waals surface area (Å²) < 4.78 is 27.9. The van der Waals surface area contributed by atoms with Crippen molar-refractivity contribution >= 4 is 12.0 Å². The SMILES string of the molecule is CC(C)(C)OC(=O)N1C2CCC(C2)C1C(=O)NC(C#N)CCc1ccc(-c2cnn(CC3CCOC3)c2)cc1F. The molecule has 1 N–H and O–H groups in total. The van der Waals surface area contributed by atoms with E-state index in [2.05, 4.69) is 16.5 Å². The van der Waals surface area contributed by atoms with Crippen LogP contribution >= 0.6 is 0 Å². The van der Waals surface area contributed by atoms with Crippen LogP contribution in [0.3, 0.4) is 0 Å². The van der Waals surface area contributed by atoms with Gasteiger partial charge in [0, 0.05) is 36.9 Å². The summed E-state index contributed by atoms with van der Waals surface area (Å²) >= 11 is 0. The lowest BCUT2D eigenvalue weighted by Gasteiger charge is -2.35. The number of piperidine rings is 1. The maximum Gasteiger partial charge on any atom is 0.411 e. The van der Waals surface area contributed by atoms with Crippen LogP contribution in [0.2, 0.25) is 0 Å². The summed E-state index contributed by atoms with van der Waals surface area (Å²) in [6, 6.07) is 5.73. The van der Waals surface area contributed by atoms with Crippen LogP contribution in [0.25, 0.3) is 11.1 Å². The third-order valence-corrected chi connectivity index (χ3v) is 8.12. The Labute approximate surface area is 234 Å². The van der Waals surface area contributed by atoms with Gasteiger partial charge in [-0.2, -0.15) is 10.4 Å². The number of halogens is 1. The number of nitrogens with one attached hydrogen (secondary N) is 1. The van der Waals surface area contributed by atoms with Crippen LogP contribution in [0, 0.1) is 29.0 Å². The molecule has 9 nitrogen and oxygen atoms in total. The van der Waals surface area contributed by atoms with E-state index < -0.39 is 23.8 Å². The zero-order valence-electron chi connectivity index (χ0n) is 23.4. The summed E-state index contributed by atoms with van der Waals surface area (Å²) in [6.07, 6.45) is 7.21. The Balaban J connectivity index is 1.18. The molecular weight excluding hydrogens is 513 g/mol. The average molecular weight is 552 g/mol. The Morgan fingerprint density at radius 3 is 2.80 bits per heavy atom. The van der Waals surface area contributed by atoms with Crippen molar-refractivity contribution in [3.8, 4) is 17.2 Å². The molecule has 2 aromatic rings. The van der Waals surface area contributed by atoms with Crippen LogP contribution in [0.15, 0.2) is 30.6 Å². The largest absolute Gasteiger partial charge is 0.444 e. The van der Waals surface area contributed by atoms with Crippen LogP contribution in [-0.4, -0.2) is 63.6 Å². The Kier molecular flexibility index (Phi) is 8.13. The van der Waals surface area contributed by atoms with E-state index in [0.717, 1.165) is 56.6 Å². The Bertz CT molecular complexity index is 1280. The standard InChI is InChI=1S/C30H38FN5O4/c1-30(2,3)40-29(38)36-25-9-7-22(12-25)27(36)28(37)34-24(14-32)8-6-20-4-5-21(13-26(20)31)23-15-33-35(17-23)16-19-10-11-39-18-19/h4-5,13,15,17,19,22,24-25,27H,6-12,16,18H2,1-3H3,(H,34,37).